The Morgan fingerprint density at radius 2 is 2.16 bits per heavy atom. The summed E-state index contributed by atoms with van der Waals surface area (Å²) in [5.74, 6) is 0. The Hall–Kier alpha value is -2.27. The largest absolute Gasteiger partial charge is 0.300 e. The van der Waals surface area contributed by atoms with Gasteiger partial charge in [0.1, 0.15) is 0 Å². The van der Waals surface area contributed by atoms with E-state index in [1.54, 1.807) is 0 Å². The van der Waals surface area contributed by atoms with E-state index in [0.717, 1.165) is 12.1 Å². The summed E-state index contributed by atoms with van der Waals surface area (Å²) in [6.07, 6.45) is 9.60. The van der Waals surface area contributed by atoms with Crippen molar-refractivity contribution in [2.75, 3.05) is 0 Å². The minimum absolute atomic E-state index is 0.919. The SMILES string of the molecule is c1cc2c(cn1)C[n+]1c-2sc2c1cc1cnccn12. The van der Waals surface area contributed by atoms with E-state index in [1.807, 2.05) is 42.3 Å². The molecule has 5 heterocycles. The van der Waals surface area contributed by atoms with Crippen molar-refractivity contribution in [3.8, 4) is 10.6 Å². The molecule has 0 fully saturated rings. The zero-order valence-electron chi connectivity index (χ0n) is 9.95. The van der Waals surface area contributed by atoms with Crippen LogP contribution in [-0.2, 0) is 6.54 Å². The lowest BCUT2D eigenvalue weighted by molar-refractivity contribution is -0.641. The summed E-state index contributed by atoms with van der Waals surface area (Å²) in [5.41, 5.74) is 5.06. The predicted molar refractivity (Wildman–Crippen MR) is 73.1 cm³/mol. The average molecular weight is 265 g/mol. The van der Waals surface area contributed by atoms with Crippen LogP contribution in [0, 0.1) is 0 Å². The zero-order chi connectivity index (χ0) is 12.4. The van der Waals surface area contributed by atoms with E-state index in [1.165, 1.54) is 26.5 Å². The quantitative estimate of drug-likeness (QED) is 0.402. The van der Waals surface area contributed by atoms with Crippen molar-refractivity contribution in [2.24, 2.45) is 0 Å². The summed E-state index contributed by atoms with van der Waals surface area (Å²) < 4.78 is 4.58. The van der Waals surface area contributed by atoms with Crippen molar-refractivity contribution in [1.29, 1.82) is 0 Å². The zero-order valence-corrected chi connectivity index (χ0v) is 10.8. The van der Waals surface area contributed by atoms with Gasteiger partial charge in [-0.25, -0.2) is 0 Å². The fourth-order valence-corrected chi connectivity index (χ4v) is 4.13. The molecule has 90 valence electrons. The van der Waals surface area contributed by atoms with E-state index < -0.39 is 0 Å². The molecule has 1 aliphatic heterocycles. The lowest BCUT2D eigenvalue weighted by Crippen LogP contribution is -2.29. The van der Waals surface area contributed by atoms with Gasteiger partial charge in [0, 0.05) is 36.4 Å². The maximum absolute atomic E-state index is 4.22. The molecule has 0 aliphatic carbocycles. The van der Waals surface area contributed by atoms with Crippen LogP contribution in [0.15, 0.2) is 43.1 Å². The number of pyridine rings is 1. The molecular formula is C14H9N4S+. The van der Waals surface area contributed by atoms with Crippen LogP contribution in [0.4, 0.5) is 0 Å². The fourth-order valence-electron chi connectivity index (χ4n) is 2.83. The van der Waals surface area contributed by atoms with E-state index in [-0.39, 0.29) is 0 Å². The molecule has 5 heteroatoms. The van der Waals surface area contributed by atoms with E-state index in [0.29, 0.717) is 0 Å². The molecule has 0 aromatic carbocycles. The Balaban J connectivity index is 1.93. The lowest BCUT2D eigenvalue weighted by atomic mass is 10.2. The molecule has 4 nitrogen and oxygen atoms in total. The number of thiazole rings is 1. The van der Waals surface area contributed by atoms with Crippen LogP contribution in [0.5, 0.6) is 0 Å². The Kier molecular flexibility index (Phi) is 1.62. The molecule has 0 unspecified atom stereocenters. The first-order chi connectivity index (χ1) is 9.42. The van der Waals surface area contributed by atoms with Gasteiger partial charge in [0.15, 0.2) is 11.4 Å². The first-order valence-electron chi connectivity index (χ1n) is 6.12. The standard InChI is InChI=1S/C14H9N4S/c1-2-15-6-9-8-18-12-5-10-7-16-3-4-17(10)14(12)19-13(18)11(1)9/h1-7H,8H2/q+1. The summed E-state index contributed by atoms with van der Waals surface area (Å²) in [6.45, 7) is 0.919. The number of hydrogen-bond acceptors (Lipinski definition) is 3. The van der Waals surface area contributed by atoms with Crippen LogP contribution >= 0.6 is 11.3 Å². The molecule has 0 spiro atoms. The van der Waals surface area contributed by atoms with Gasteiger partial charge < -0.3 is 0 Å². The predicted octanol–water partition coefficient (Wildman–Crippen LogP) is 2.26. The van der Waals surface area contributed by atoms with Gasteiger partial charge in [-0.3, -0.25) is 14.4 Å². The number of aromatic nitrogens is 4. The molecule has 0 saturated heterocycles. The Morgan fingerprint density at radius 1 is 1.21 bits per heavy atom. The minimum atomic E-state index is 0.919. The third-order valence-electron chi connectivity index (χ3n) is 3.70. The third-order valence-corrected chi connectivity index (χ3v) is 4.93. The van der Waals surface area contributed by atoms with Gasteiger partial charge in [-0.2, -0.15) is 4.57 Å². The number of nitrogens with zero attached hydrogens (tertiary/aromatic N) is 4. The van der Waals surface area contributed by atoms with Crippen molar-refractivity contribution in [1.82, 2.24) is 14.4 Å². The fraction of sp³-hybridized carbons (Fsp3) is 0.0714. The van der Waals surface area contributed by atoms with Crippen LogP contribution in [0.25, 0.3) is 26.4 Å². The van der Waals surface area contributed by atoms with Crippen molar-refractivity contribution in [3.63, 3.8) is 0 Å². The molecule has 4 aromatic rings. The molecule has 0 atom stereocenters. The van der Waals surface area contributed by atoms with E-state index in [4.69, 9.17) is 0 Å². The van der Waals surface area contributed by atoms with E-state index in [2.05, 4.69) is 31.1 Å². The lowest BCUT2D eigenvalue weighted by Gasteiger charge is -1.91. The molecule has 4 aromatic heterocycles. The van der Waals surface area contributed by atoms with Gasteiger partial charge in [0.25, 0.3) is 5.01 Å². The highest BCUT2D eigenvalue weighted by Crippen LogP contribution is 2.35. The first-order valence-corrected chi connectivity index (χ1v) is 6.94. The van der Waals surface area contributed by atoms with Crippen LogP contribution in [-0.4, -0.2) is 14.4 Å². The van der Waals surface area contributed by atoms with Crippen molar-refractivity contribution >= 4 is 27.2 Å². The van der Waals surface area contributed by atoms with Crippen molar-refractivity contribution in [2.45, 2.75) is 6.54 Å². The summed E-state index contributed by atoms with van der Waals surface area (Å²) in [6, 6.07) is 4.32. The van der Waals surface area contributed by atoms with Crippen molar-refractivity contribution < 1.29 is 4.57 Å². The highest BCUT2D eigenvalue weighted by molar-refractivity contribution is 7.20. The normalized spacial score (nSPS) is 13.1. The molecule has 0 bridgehead atoms. The molecule has 0 radical (unpaired) electrons. The molecule has 19 heavy (non-hydrogen) atoms. The van der Waals surface area contributed by atoms with Crippen LogP contribution in [0.3, 0.4) is 0 Å². The second-order valence-electron chi connectivity index (χ2n) is 4.73. The molecule has 1 aliphatic rings. The minimum Gasteiger partial charge on any atom is -0.300 e. The average Bonchev–Trinajstić information content (AvgIpc) is 3.07. The Morgan fingerprint density at radius 3 is 3.16 bits per heavy atom. The summed E-state index contributed by atoms with van der Waals surface area (Å²) in [5, 5.41) is 1.33. The second-order valence-corrected chi connectivity index (χ2v) is 5.71. The molecule has 0 amide bonds. The Labute approximate surface area is 112 Å². The number of hydrogen-bond donors (Lipinski definition) is 0. The molecular weight excluding hydrogens is 256 g/mol. The maximum atomic E-state index is 4.22. The topological polar surface area (TPSA) is 34.1 Å². The van der Waals surface area contributed by atoms with Gasteiger partial charge in [-0.05, 0) is 17.4 Å². The summed E-state index contributed by atoms with van der Waals surface area (Å²) >= 11 is 1.84. The first kappa shape index (κ1) is 9.63. The molecule has 0 saturated carbocycles. The van der Waals surface area contributed by atoms with Gasteiger partial charge in [0.05, 0.1) is 17.3 Å². The van der Waals surface area contributed by atoms with E-state index >= 15 is 0 Å². The smallest absolute Gasteiger partial charge is 0.272 e. The maximum Gasteiger partial charge on any atom is 0.272 e. The second kappa shape index (κ2) is 3.19. The van der Waals surface area contributed by atoms with Crippen LogP contribution in [0.2, 0.25) is 0 Å². The van der Waals surface area contributed by atoms with Crippen LogP contribution < -0.4 is 4.57 Å². The Bertz CT molecular complexity index is 951. The third kappa shape index (κ3) is 1.11. The summed E-state index contributed by atoms with van der Waals surface area (Å²) in [4.78, 5) is 9.69. The van der Waals surface area contributed by atoms with Gasteiger partial charge in [-0.15, -0.1) is 0 Å². The van der Waals surface area contributed by atoms with E-state index in [9.17, 15) is 0 Å². The van der Waals surface area contributed by atoms with Crippen LogP contribution in [0.1, 0.15) is 5.56 Å². The number of fused-ring (bicyclic) bond motifs is 7. The monoisotopic (exact) mass is 265 g/mol. The molecule has 5 rings (SSSR count). The van der Waals surface area contributed by atoms with Gasteiger partial charge in [0.2, 0.25) is 5.52 Å². The van der Waals surface area contributed by atoms with Gasteiger partial charge >= 0.3 is 0 Å². The summed E-state index contributed by atoms with van der Waals surface area (Å²) in [7, 11) is 0. The number of rotatable bonds is 0. The highest BCUT2D eigenvalue weighted by Gasteiger charge is 2.33. The van der Waals surface area contributed by atoms with Crippen molar-refractivity contribution in [3.05, 3.63) is 48.7 Å². The molecule has 0 N–H and O–H groups in total. The highest BCUT2D eigenvalue weighted by atomic mass is 32.1. The van der Waals surface area contributed by atoms with Gasteiger partial charge in [-0.1, -0.05) is 0 Å².